The average Bonchev–Trinajstić information content (AvgIpc) is 2.85. The maximum absolute atomic E-state index is 13.5. The SMILES string of the molecule is CCCCNC(=O)[C@H](C)N(Cc1ccc(F)cc1)C(=O)CN(c1ccc2c(c1)OCCO2)S(C)(=O)=O. The molecule has 1 heterocycles. The summed E-state index contributed by atoms with van der Waals surface area (Å²) in [6, 6.07) is 9.32. The van der Waals surface area contributed by atoms with Gasteiger partial charge in [-0.1, -0.05) is 25.5 Å². The summed E-state index contributed by atoms with van der Waals surface area (Å²) in [6.45, 7) is 4.22. The first-order valence-electron chi connectivity index (χ1n) is 11.8. The van der Waals surface area contributed by atoms with Crippen LogP contribution in [-0.4, -0.2) is 63.7 Å². The minimum absolute atomic E-state index is 0.000217. The molecule has 0 spiro atoms. The van der Waals surface area contributed by atoms with Gasteiger partial charge in [0.2, 0.25) is 21.8 Å². The second-order valence-corrected chi connectivity index (χ2v) is 10.5. The Balaban J connectivity index is 1.88. The molecule has 1 aliphatic rings. The number of nitrogens with zero attached hydrogens (tertiary/aromatic N) is 2. The molecule has 0 unspecified atom stereocenters. The Morgan fingerprint density at radius 1 is 1.08 bits per heavy atom. The van der Waals surface area contributed by atoms with Crippen LogP contribution < -0.4 is 19.1 Å². The van der Waals surface area contributed by atoms with Gasteiger partial charge in [-0.15, -0.1) is 0 Å². The summed E-state index contributed by atoms with van der Waals surface area (Å²) in [5.74, 6) is -0.502. The topological polar surface area (TPSA) is 105 Å². The third-order valence-corrected chi connectivity index (χ3v) is 6.90. The smallest absolute Gasteiger partial charge is 0.244 e. The van der Waals surface area contributed by atoms with Gasteiger partial charge < -0.3 is 19.7 Å². The molecule has 1 atom stereocenters. The summed E-state index contributed by atoms with van der Waals surface area (Å²) >= 11 is 0. The summed E-state index contributed by atoms with van der Waals surface area (Å²) in [6.07, 6.45) is 2.68. The van der Waals surface area contributed by atoms with Crippen molar-refractivity contribution in [2.24, 2.45) is 0 Å². The number of nitrogens with one attached hydrogen (secondary N) is 1. The van der Waals surface area contributed by atoms with Crippen LogP contribution in [0, 0.1) is 5.82 Å². The highest BCUT2D eigenvalue weighted by Crippen LogP contribution is 2.34. The maximum Gasteiger partial charge on any atom is 0.244 e. The number of benzene rings is 2. The molecule has 0 saturated heterocycles. The molecule has 1 aliphatic heterocycles. The highest BCUT2D eigenvalue weighted by atomic mass is 32.2. The molecule has 1 N–H and O–H groups in total. The summed E-state index contributed by atoms with van der Waals surface area (Å²) in [7, 11) is -3.88. The van der Waals surface area contributed by atoms with Crippen molar-refractivity contribution < 1.29 is 31.9 Å². The van der Waals surface area contributed by atoms with E-state index in [-0.39, 0.29) is 18.1 Å². The first-order chi connectivity index (χ1) is 17.1. The number of sulfonamides is 1. The maximum atomic E-state index is 13.5. The number of halogens is 1. The molecule has 9 nitrogen and oxygen atoms in total. The fraction of sp³-hybridized carbons (Fsp3) is 0.440. The number of amides is 2. The molecule has 2 aromatic carbocycles. The highest BCUT2D eigenvalue weighted by Gasteiger charge is 2.30. The fourth-order valence-electron chi connectivity index (χ4n) is 3.71. The Labute approximate surface area is 211 Å². The standard InChI is InChI=1S/C25H32FN3O6S/c1-4-5-12-27-25(31)18(2)28(16-19-6-8-20(26)9-7-19)24(30)17-29(36(3,32)33)21-10-11-22-23(15-21)35-14-13-34-22/h6-11,15,18H,4-5,12-14,16-17H2,1-3H3,(H,27,31)/t18-/m0/s1. The van der Waals surface area contributed by atoms with Crippen molar-refractivity contribution in [3.63, 3.8) is 0 Å². The van der Waals surface area contributed by atoms with E-state index in [1.54, 1.807) is 13.0 Å². The molecule has 0 bridgehead atoms. The second kappa shape index (κ2) is 12.1. The van der Waals surface area contributed by atoms with Gasteiger partial charge in [-0.2, -0.15) is 0 Å². The molecule has 11 heteroatoms. The molecule has 0 fully saturated rings. The molecule has 3 rings (SSSR count). The number of anilines is 1. The quantitative estimate of drug-likeness (QED) is 0.456. The summed E-state index contributed by atoms with van der Waals surface area (Å²) in [5, 5.41) is 2.81. The van der Waals surface area contributed by atoms with Gasteiger partial charge in [0.15, 0.2) is 11.5 Å². The van der Waals surface area contributed by atoms with Crippen molar-refractivity contribution in [2.45, 2.75) is 39.3 Å². The van der Waals surface area contributed by atoms with Gasteiger partial charge in [-0.3, -0.25) is 13.9 Å². The zero-order valence-corrected chi connectivity index (χ0v) is 21.5. The predicted octanol–water partition coefficient (Wildman–Crippen LogP) is 2.70. The van der Waals surface area contributed by atoms with E-state index >= 15 is 0 Å². The van der Waals surface area contributed by atoms with E-state index in [0.29, 0.717) is 36.8 Å². The van der Waals surface area contributed by atoms with Crippen LogP contribution in [0.15, 0.2) is 42.5 Å². The molecule has 0 radical (unpaired) electrons. The molecular formula is C25H32FN3O6S. The lowest BCUT2D eigenvalue weighted by Crippen LogP contribution is -2.51. The zero-order chi connectivity index (χ0) is 26.3. The largest absolute Gasteiger partial charge is 0.486 e. The molecule has 0 aliphatic carbocycles. The predicted molar refractivity (Wildman–Crippen MR) is 134 cm³/mol. The van der Waals surface area contributed by atoms with E-state index < -0.39 is 34.3 Å². The lowest BCUT2D eigenvalue weighted by Gasteiger charge is -2.31. The highest BCUT2D eigenvalue weighted by molar-refractivity contribution is 7.92. The first-order valence-corrected chi connectivity index (χ1v) is 13.6. The molecule has 2 amide bonds. The first kappa shape index (κ1) is 27.3. The summed E-state index contributed by atoms with van der Waals surface area (Å²) in [5.41, 5.74) is 0.833. The van der Waals surface area contributed by atoms with E-state index in [4.69, 9.17) is 9.47 Å². The van der Waals surface area contributed by atoms with Crippen LogP contribution in [0.3, 0.4) is 0 Å². The second-order valence-electron chi connectivity index (χ2n) is 8.57. The van der Waals surface area contributed by atoms with Crippen LogP contribution in [0.2, 0.25) is 0 Å². The Bertz CT molecular complexity index is 1170. The number of hydrogen-bond acceptors (Lipinski definition) is 6. The van der Waals surface area contributed by atoms with Crippen molar-refractivity contribution in [2.75, 3.05) is 36.9 Å². The van der Waals surface area contributed by atoms with Crippen LogP contribution in [-0.2, 0) is 26.2 Å². The van der Waals surface area contributed by atoms with Crippen molar-refractivity contribution in [1.82, 2.24) is 10.2 Å². The zero-order valence-electron chi connectivity index (χ0n) is 20.7. The van der Waals surface area contributed by atoms with E-state index in [2.05, 4.69) is 5.32 Å². The summed E-state index contributed by atoms with van der Waals surface area (Å²) in [4.78, 5) is 27.6. The van der Waals surface area contributed by atoms with E-state index in [1.165, 1.54) is 41.3 Å². The monoisotopic (exact) mass is 521 g/mol. The van der Waals surface area contributed by atoms with Crippen LogP contribution >= 0.6 is 0 Å². The van der Waals surface area contributed by atoms with Crippen molar-refractivity contribution in [3.8, 4) is 11.5 Å². The number of ether oxygens (including phenoxy) is 2. The van der Waals surface area contributed by atoms with E-state index in [0.717, 1.165) is 23.4 Å². The Kier molecular flexibility index (Phi) is 9.14. The van der Waals surface area contributed by atoms with Crippen LogP contribution in [0.4, 0.5) is 10.1 Å². The van der Waals surface area contributed by atoms with Gasteiger partial charge in [0, 0.05) is 19.2 Å². The molecule has 0 saturated carbocycles. The minimum Gasteiger partial charge on any atom is -0.486 e. The lowest BCUT2D eigenvalue weighted by molar-refractivity contribution is -0.139. The van der Waals surface area contributed by atoms with E-state index in [1.807, 2.05) is 6.92 Å². The van der Waals surface area contributed by atoms with Crippen molar-refractivity contribution in [1.29, 1.82) is 0 Å². The van der Waals surface area contributed by atoms with Crippen LogP contribution in [0.1, 0.15) is 32.3 Å². The Hall–Kier alpha value is -3.34. The Morgan fingerprint density at radius 2 is 1.75 bits per heavy atom. The lowest BCUT2D eigenvalue weighted by atomic mass is 10.1. The van der Waals surface area contributed by atoms with Gasteiger partial charge in [0.1, 0.15) is 31.6 Å². The minimum atomic E-state index is -3.88. The van der Waals surface area contributed by atoms with Gasteiger partial charge in [0.05, 0.1) is 11.9 Å². The third kappa shape index (κ3) is 7.09. The number of hydrogen-bond donors (Lipinski definition) is 1. The number of carbonyl (C=O) groups is 2. The average molecular weight is 522 g/mol. The van der Waals surface area contributed by atoms with Crippen molar-refractivity contribution >= 4 is 27.5 Å². The van der Waals surface area contributed by atoms with E-state index in [9.17, 15) is 22.4 Å². The summed E-state index contributed by atoms with van der Waals surface area (Å²) < 4.78 is 50.8. The van der Waals surface area contributed by atoms with Crippen LogP contribution in [0.5, 0.6) is 11.5 Å². The Morgan fingerprint density at radius 3 is 2.39 bits per heavy atom. The molecule has 2 aromatic rings. The van der Waals surface area contributed by atoms with Crippen LogP contribution in [0.25, 0.3) is 0 Å². The molecular weight excluding hydrogens is 489 g/mol. The molecule has 196 valence electrons. The molecule has 36 heavy (non-hydrogen) atoms. The number of fused-ring (bicyclic) bond motifs is 1. The number of unbranched alkanes of at least 4 members (excludes halogenated alkanes) is 1. The fourth-order valence-corrected chi connectivity index (χ4v) is 4.55. The number of carbonyl (C=O) groups excluding carboxylic acids is 2. The number of rotatable bonds is 11. The third-order valence-electron chi connectivity index (χ3n) is 5.76. The van der Waals surface area contributed by atoms with Gasteiger partial charge >= 0.3 is 0 Å². The normalized spacial score (nSPS) is 13.6. The van der Waals surface area contributed by atoms with Gasteiger partial charge in [0.25, 0.3) is 0 Å². The van der Waals surface area contributed by atoms with Crippen molar-refractivity contribution in [3.05, 3.63) is 53.8 Å². The van der Waals surface area contributed by atoms with Gasteiger partial charge in [-0.05, 0) is 43.2 Å². The molecule has 0 aromatic heterocycles. The van der Waals surface area contributed by atoms with Gasteiger partial charge in [-0.25, -0.2) is 12.8 Å².